The molecule has 0 bridgehead atoms. The molecule has 0 amide bonds. The summed E-state index contributed by atoms with van der Waals surface area (Å²) in [5.74, 6) is 1.01. The highest BCUT2D eigenvalue weighted by atomic mass is 32.2. The van der Waals surface area contributed by atoms with E-state index in [0.29, 0.717) is 6.04 Å². The fourth-order valence-corrected chi connectivity index (χ4v) is 4.21. The average Bonchev–Trinajstić information content (AvgIpc) is 3.23. The predicted octanol–water partition coefficient (Wildman–Crippen LogP) is 2.77. The Kier molecular flexibility index (Phi) is 5.65. The van der Waals surface area contributed by atoms with E-state index in [0.717, 1.165) is 30.4 Å². The van der Waals surface area contributed by atoms with Gasteiger partial charge in [-0.15, -0.1) is 5.10 Å². The third kappa shape index (κ3) is 4.28. The highest BCUT2D eigenvalue weighted by Crippen LogP contribution is 2.31. The van der Waals surface area contributed by atoms with Crippen molar-refractivity contribution in [3.8, 4) is 0 Å². The second-order valence-corrected chi connectivity index (χ2v) is 7.17. The van der Waals surface area contributed by atoms with Crippen LogP contribution in [0.1, 0.15) is 37.3 Å². The molecule has 0 spiro atoms. The van der Waals surface area contributed by atoms with Crippen LogP contribution < -0.4 is 5.32 Å². The summed E-state index contributed by atoms with van der Waals surface area (Å²) in [5, 5.41) is 21.0. The zero-order valence-corrected chi connectivity index (χ0v) is 13.7. The smallest absolute Gasteiger partial charge is 0.209 e. The summed E-state index contributed by atoms with van der Waals surface area (Å²) < 4.78 is 2.03. The van der Waals surface area contributed by atoms with Crippen molar-refractivity contribution in [1.82, 2.24) is 25.5 Å². The van der Waals surface area contributed by atoms with Gasteiger partial charge in [0.25, 0.3) is 0 Å². The van der Waals surface area contributed by atoms with E-state index in [9.17, 15) is 0 Å². The topological polar surface area (TPSA) is 55.6 Å². The van der Waals surface area contributed by atoms with Gasteiger partial charge in [0.05, 0.1) is 6.04 Å². The van der Waals surface area contributed by atoms with Gasteiger partial charge in [0.1, 0.15) is 0 Å². The molecule has 1 fully saturated rings. The number of hydrogen-bond donors (Lipinski definition) is 1. The van der Waals surface area contributed by atoms with Gasteiger partial charge in [-0.05, 0) is 58.6 Å². The summed E-state index contributed by atoms with van der Waals surface area (Å²) >= 11 is 3.52. The summed E-state index contributed by atoms with van der Waals surface area (Å²) in [5.41, 5.74) is 1.42. The molecule has 0 saturated heterocycles. The summed E-state index contributed by atoms with van der Waals surface area (Å²) in [6.07, 6.45) is 6.15. The molecule has 0 aliphatic heterocycles. The van der Waals surface area contributed by atoms with E-state index >= 15 is 0 Å². The van der Waals surface area contributed by atoms with Gasteiger partial charge in [-0.2, -0.15) is 11.3 Å². The van der Waals surface area contributed by atoms with Crippen LogP contribution in [-0.2, 0) is 6.42 Å². The molecule has 7 heteroatoms. The highest BCUT2D eigenvalue weighted by Gasteiger charge is 2.21. The normalized spacial score (nSPS) is 15.8. The molecule has 21 heavy (non-hydrogen) atoms. The van der Waals surface area contributed by atoms with Crippen LogP contribution in [0.3, 0.4) is 0 Å². The number of hydrogen-bond acceptors (Lipinski definition) is 6. The van der Waals surface area contributed by atoms with Crippen LogP contribution in [0.2, 0.25) is 0 Å². The lowest BCUT2D eigenvalue weighted by Gasteiger charge is -2.10. The van der Waals surface area contributed by atoms with Gasteiger partial charge >= 0.3 is 0 Å². The van der Waals surface area contributed by atoms with E-state index in [-0.39, 0.29) is 0 Å². The molecule has 0 aromatic carbocycles. The van der Waals surface area contributed by atoms with Crippen LogP contribution in [0, 0.1) is 0 Å². The maximum atomic E-state index is 4.16. The summed E-state index contributed by atoms with van der Waals surface area (Å²) in [7, 11) is 0. The van der Waals surface area contributed by atoms with E-state index in [1.165, 1.54) is 31.2 Å². The first kappa shape index (κ1) is 15.0. The first-order chi connectivity index (χ1) is 10.4. The first-order valence-electron chi connectivity index (χ1n) is 7.56. The Morgan fingerprint density at radius 3 is 3.05 bits per heavy atom. The number of thioether (sulfide) groups is 1. The number of thiophene rings is 1. The molecule has 1 N–H and O–H groups in total. The minimum Gasteiger partial charge on any atom is -0.316 e. The Morgan fingerprint density at radius 1 is 1.33 bits per heavy atom. The Hall–Kier alpha value is -0.920. The molecule has 1 aliphatic rings. The fourth-order valence-electron chi connectivity index (χ4n) is 2.67. The van der Waals surface area contributed by atoms with Gasteiger partial charge in [-0.25, -0.2) is 4.68 Å². The number of rotatable bonds is 8. The van der Waals surface area contributed by atoms with Gasteiger partial charge < -0.3 is 5.32 Å². The molecule has 114 valence electrons. The van der Waals surface area contributed by atoms with Crippen molar-refractivity contribution in [2.24, 2.45) is 0 Å². The minimum absolute atomic E-state index is 0.522. The van der Waals surface area contributed by atoms with Crippen LogP contribution in [0.25, 0.3) is 0 Å². The standard InChI is InChI=1S/C14H21N5S2/c1-2-4-13(3-1)19-14(16-17-18-19)21-10-8-15-7-5-12-6-9-20-11-12/h6,9,11,13,15H,1-5,7-8,10H2. The van der Waals surface area contributed by atoms with Gasteiger partial charge in [0, 0.05) is 12.3 Å². The van der Waals surface area contributed by atoms with Crippen LogP contribution in [0.15, 0.2) is 22.0 Å². The van der Waals surface area contributed by atoms with Gasteiger partial charge in [0.2, 0.25) is 5.16 Å². The summed E-state index contributed by atoms with van der Waals surface area (Å²) in [4.78, 5) is 0. The number of tetrazole rings is 1. The third-order valence-electron chi connectivity index (χ3n) is 3.81. The maximum absolute atomic E-state index is 4.16. The number of nitrogens with one attached hydrogen (secondary N) is 1. The van der Waals surface area contributed by atoms with E-state index in [4.69, 9.17) is 0 Å². The van der Waals surface area contributed by atoms with Crippen LogP contribution in [-0.4, -0.2) is 39.0 Å². The zero-order chi connectivity index (χ0) is 14.3. The molecular weight excluding hydrogens is 302 g/mol. The van der Waals surface area contributed by atoms with Gasteiger partial charge in [0.15, 0.2) is 0 Å². The van der Waals surface area contributed by atoms with E-state index in [1.54, 1.807) is 23.1 Å². The molecule has 3 rings (SSSR count). The predicted molar refractivity (Wildman–Crippen MR) is 86.9 cm³/mol. The SMILES string of the molecule is c1cc(CCNCCSc2nnnn2C2CCCC2)cs1. The molecule has 1 saturated carbocycles. The Morgan fingerprint density at radius 2 is 2.24 bits per heavy atom. The number of aromatic nitrogens is 4. The third-order valence-corrected chi connectivity index (χ3v) is 5.48. The van der Waals surface area contributed by atoms with Crippen molar-refractivity contribution in [2.45, 2.75) is 43.3 Å². The monoisotopic (exact) mass is 323 g/mol. The van der Waals surface area contributed by atoms with E-state index in [2.05, 4.69) is 37.7 Å². The molecule has 2 aromatic rings. The molecule has 5 nitrogen and oxygen atoms in total. The summed E-state index contributed by atoms with van der Waals surface area (Å²) in [6, 6.07) is 2.71. The van der Waals surface area contributed by atoms with Gasteiger partial charge in [-0.1, -0.05) is 24.6 Å². The lowest BCUT2D eigenvalue weighted by Crippen LogP contribution is -2.20. The second-order valence-electron chi connectivity index (χ2n) is 5.32. The average molecular weight is 323 g/mol. The van der Waals surface area contributed by atoms with Crippen molar-refractivity contribution in [3.05, 3.63) is 22.4 Å². The maximum Gasteiger partial charge on any atom is 0.209 e. The lowest BCUT2D eigenvalue weighted by atomic mass is 10.2. The molecule has 1 aliphatic carbocycles. The van der Waals surface area contributed by atoms with Crippen LogP contribution in [0.4, 0.5) is 0 Å². The second kappa shape index (κ2) is 7.91. The molecule has 0 unspecified atom stereocenters. The quantitative estimate of drug-likeness (QED) is 0.598. The Bertz CT molecular complexity index is 519. The van der Waals surface area contributed by atoms with Crippen molar-refractivity contribution in [2.75, 3.05) is 18.8 Å². The molecule has 0 radical (unpaired) electrons. The molecule has 2 heterocycles. The Labute approximate surface area is 133 Å². The largest absolute Gasteiger partial charge is 0.316 e. The lowest BCUT2D eigenvalue weighted by molar-refractivity contribution is 0.423. The Balaban J connectivity index is 1.35. The molecule has 0 atom stereocenters. The highest BCUT2D eigenvalue weighted by molar-refractivity contribution is 7.99. The van der Waals surface area contributed by atoms with Crippen molar-refractivity contribution in [3.63, 3.8) is 0 Å². The van der Waals surface area contributed by atoms with Gasteiger partial charge in [-0.3, -0.25) is 0 Å². The zero-order valence-electron chi connectivity index (χ0n) is 12.1. The van der Waals surface area contributed by atoms with E-state index in [1.807, 2.05) is 4.68 Å². The number of nitrogens with zero attached hydrogens (tertiary/aromatic N) is 4. The van der Waals surface area contributed by atoms with E-state index < -0.39 is 0 Å². The van der Waals surface area contributed by atoms with Crippen LogP contribution >= 0.6 is 23.1 Å². The fraction of sp³-hybridized carbons (Fsp3) is 0.643. The van der Waals surface area contributed by atoms with Crippen molar-refractivity contribution in [1.29, 1.82) is 0 Å². The first-order valence-corrected chi connectivity index (χ1v) is 9.49. The van der Waals surface area contributed by atoms with Crippen molar-refractivity contribution < 1.29 is 0 Å². The molecule has 2 aromatic heterocycles. The van der Waals surface area contributed by atoms with Crippen molar-refractivity contribution >= 4 is 23.1 Å². The minimum atomic E-state index is 0.522. The molecular formula is C14H21N5S2. The van der Waals surface area contributed by atoms with Crippen LogP contribution in [0.5, 0.6) is 0 Å². The summed E-state index contributed by atoms with van der Waals surface area (Å²) in [6.45, 7) is 2.02.